The number of nitrogens with one attached hydrogen (secondary N) is 1. The molecular formula is C23H26N8O2S. The molecule has 11 heteroatoms. The molecule has 0 radical (unpaired) electrons. The second-order valence-corrected chi connectivity index (χ2v) is 9.04. The van der Waals surface area contributed by atoms with E-state index < -0.39 is 0 Å². The highest BCUT2D eigenvalue weighted by molar-refractivity contribution is 7.09. The summed E-state index contributed by atoms with van der Waals surface area (Å²) >= 11 is 1.46. The lowest BCUT2D eigenvalue weighted by molar-refractivity contribution is 0.0947. The number of amides is 1. The Morgan fingerprint density at radius 1 is 1.12 bits per heavy atom. The van der Waals surface area contributed by atoms with Crippen LogP contribution in [-0.4, -0.2) is 70.5 Å². The van der Waals surface area contributed by atoms with Gasteiger partial charge >= 0.3 is 0 Å². The summed E-state index contributed by atoms with van der Waals surface area (Å²) in [5.74, 6) is 1.58. The number of carbonyl (C=O) groups is 1. The summed E-state index contributed by atoms with van der Waals surface area (Å²) in [7, 11) is 1.68. The van der Waals surface area contributed by atoms with Crippen LogP contribution in [0.4, 0.5) is 11.5 Å². The van der Waals surface area contributed by atoms with E-state index in [1.807, 2.05) is 25.3 Å². The van der Waals surface area contributed by atoms with Gasteiger partial charge in [-0.2, -0.15) is 5.10 Å². The van der Waals surface area contributed by atoms with Crippen molar-refractivity contribution in [2.45, 2.75) is 13.5 Å². The lowest BCUT2D eigenvalue weighted by Gasteiger charge is -2.36. The molecule has 5 rings (SSSR count). The van der Waals surface area contributed by atoms with E-state index in [9.17, 15) is 4.79 Å². The first-order valence-electron chi connectivity index (χ1n) is 11.1. The van der Waals surface area contributed by atoms with Gasteiger partial charge in [0.2, 0.25) is 0 Å². The largest absolute Gasteiger partial charge is 0.497 e. The van der Waals surface area contributed by atoms with Crippen LogP contribution in [0.25, 0.3) is 11.0 Å². The third kappa shape index (κ3) is 4.51. The molecule has 0 unspecified atom stereocenters. The molecule has 1 fully saturated rings. The lowest BCUT2D eigenvalue weighted by atomic mass is 10.2. The summed E-state index contributed by atoms with van der Waals surface area (Å²) in [6.07, 6.45) is 3.40. The number of anilines is 2. The van der Waals surface area contributed by atoms with Crippen LogP contribution in [0.5, 0.6) is 5.75 Å². The molecule has 34 heavy (non-hydrogen) atoms. The number of carbonyl (C=O) groups excluding carboxylic acids is 1. The molecule has 0 atom stereocenters. The van der Waals surface area contributed by atoms with Crippen molar-refractivity contribution in [2.75, 3.05) is 49.6 Å². The van der Waals surface area contributed by atoms with Crippen LogP contribution in [0.3, 0.4) is 0 Å². The minimum absolute atomic E-state index is 0.175. The van der Waals surface area contributed by atoms with Crippen molar-refractivity contribution in [1.29, 1.82) is 0 Å². The number of rotatable bonds is 7. The van der Waals surface area contributed by atoms with E-state index in [1.165, 1.54) is 17.0 Å². The molecule has 3 aromatic heterocycles. The zero-order valence-corrected chi connectivity index (χ0v) is 20.0. The number of methoxy groups -OCH3 is 1. The molecule has 1 aromatic carbocycles. The summed E-state index contributed by atoms with van der Waals surface area (Å²) in [6.45, 7) is 6.33. The summed E-state index contributed by atoms with van der Waals surface area (Å²) in [5, 5.41) is 11.0. The molecule has 0 saturated carbocycles. The average Bonchev–Trinajstić information content (AvgIpc) is 3.50. The highest BCUT2D eigenvalue weighted by Gasteiger charge is 2.21. The summed E-state index contributed by atoms with van der Waals surface area (Å²) in [4.78, 5) is 30.1. The molecule has 1 aliphatic heterocycles. The minimum atomic E-state index is -0.175. The molecule has 0 spiro atoms. The molecule has 0 aliphatic carbocycles. The van der Waals surface area contributed by atoms with E-state index >= 15 is 0 Å². The topological polar surface area (TPSA) is 101 Å². The molecule has 1 saturated heterocycles. The van der Waals surface area contributed by atoms with Crippen LogP contribution in [0.1, 0.15) is 15.5 Å². The van der Waals surface area contributed by atoms with Crippen LogP contribution >= 0.6 is 11.3 Å². The van der Waals surface area contributed by atoms with Crippen molar-refractivity contribution in [3.63, 3.8) is 0 Å². The zero-order chi connectivity index (χ0) is 23.5. The maximum atomic E-state index is 12.2. The Morgan fingerprint density at radius 3 is 2.59 bits per heavy atom. The fourth-order valence-electron chi connectivity index (χ4n) is 4.10. The van der Waals surface area contributed by atoms with Gasteiger partial charge in [0.25, 0.3) is 5.91 Å². The van der Waals surface area contributed by atoms with Gasteiger partial charge in [0.15, 0.2) is 5.65 Å². The van der Waals surface area contributed by atoms with E-state index in [-0.39, 0.29) is 5.91 Å². The molecule has 4 aromatic rings. The number of thiazole rings is 1. The Bertz CT molecular complexity index is 1280. The molecule has 1 amide bonds. The summed E-state index contributed by atoms with van der Waals surface area (Å²) < 4.78 is 7.07. The van der Waals surface area contributed by atoms with Crippen molar-refractivity contribution < 1.29 is 9.53 Å². The first-order chi connectivity index (χ1) is 16.6. The van der Waals surface area contributed by atoms with Crippen molar-refractivity contribution in [1.82, 2.24) is 30.0 Å². The van der Waals surface area contributed by atoms with Crippen LogP contribution in [0.15, 0.2) is 42.2 Å². The first-order valence-corrected chi connectivity index (χ1v) is 12.0. The molecule has 1 aliphatic rings. The highest BCUT2D eigenvalue weighted by Crippen LogP contribution is 2.26. The number of nitrogens with zero attached hydrogens (tertiary/aromatic N) is 7. The minimum Gasteiger partial charge on any atom is -0.497 e. The number of aromatic nitrogens is 5. The number of fused-ring (bicyclic) bond motifs is 1. The Hall–Kier alpha value is -3.73. The molecule has 4 heterocycles. The lowest BCUT2D eigenvalue weighted by Crippen LogP contribution is -2.46. The number of aryl methyl sites for hydroxylation is 1. The number of hydrogen-bond donors (Lipinski definition) is 1. The van der Waals surface area contributed by atoms with Gasteiger partial charge in [0, 0.05) is 43.8 Å². The highest BCUT2D eigenvalue weighted by atomic mass is 32.1. The number of benzene rings is 1. The smallest absolute Gasteiger partial charge is 0.270 e. The fraction of sp³-hybridized carbons (Fsp3) is 0.348. The van der Waals surface area contributed by atoms with Crippen LogP contribution < -0.4 is 19.9 Å². The molecule has 176 valence electrons. The van der Waals surface area contributed by atoms with E-state index in [4.69, 9.17) is 4.74 Å². The Morgan fingerprint density at radius 2 is 1.88 bits per heavy atom. The Balaban J connectivity index is 1.22. The molecule has 10 nitrogen and oxygen atoms in total. The second kappa shape index (κ2) is 9.64. The van der Waals surface area contributed by atoms with Gasteiger partial charge in [-0.25, -0.2) is 19.6 Å². The Labute approximate surface area is 201 Å². The molecular weight excluding hydrogens is 452 g/mol. The maximum absolute atomic E-state index is 12.2. The van der Waals surface area contributed by atoms with E-state index in [1.54, 1.807) is 23.5 Å². The number of hydrogen-bond acceptors (Lipinski definition) is 9. The van der Waals surface area contributed by atoms with Crippen molar-refractivity contribution in [3.8, 4) is 5.75 Å². The van der Waals surface area contributed by atoms with Gasteiger partial charge in [-0.1, -0.05) is 0 Å². The standard InChI is InChI=1S/C23H26N8O2S/c1-16-28-20(14-34-16)23(32)24-7-8-31-22-19(13-27-31)21(25-15-26-22)30-11-9-29(10-12-30)17-3-5-18(33-2)6-4-17/h3-6,13-15H,7-12H2,1-2H3,(H,24,32). The van der Waals surface area contributed by atoms with Gasteiger partial charge in [0.05, 0.1) is 30.2 Å². The third-order valence-electron chi connectivity index (χ3n) is 5.89. The first kappa shape index (κ1) is 22.1. The fourth-order valence-corrected chi connectivity index (χ4v) is 4.69. The quantitative estimate of drug-likeness (QED) is 0.432. The van der Waals surface area contributed by atoms with Crippen LogP contribution in [0.2, 0.25) is 0 Å². The van der Waals surface area contributed by atoms with Crippen LogP contribution in [0, 0.1) is 6.92 Å². The monoisotopic (exact) mass is 478 g/mol. The van der Waals surface area contributed by atoms with Gasteiger partial charge in [-0.15, -0.1) is 11.3 Å². The zero-order valence-electron chi connectivity index (χ0n) is 19.1. The van der Waals surface area contributed by atoms with Crippen molar-refractivity contribution in [3.05, 3.63) is 52.9 Å². The van der Waals surface area contributed by atoms with Crippen LogP contribution in [-0.2, 0) is 6.54 Å². The van der Waals surface area contributed by atoms with E-state index in [0.717, 1.165) is 53.8 Å². The number of ether oxygens (including phenoxy) is 1. The van der Waals surface area contributed by atoms with E-state index in [2.05, 4.69) is 47.3 Å². The van der Waals surface area contributed by atoms with Gasteiger partial charge in [0.1, 0.15) is 23.6 Å². The molecule has 1 N–H and O–H groups in total. The van der Waals surface area contributed by atoms with Crippen molar-refractivity contribution >= 4 is 39.8 Å². The Kier molecular flexibility index (Phi) is 6.26. The molecule has 0 bridgehead atoms. The predicted molar refractivity (Wildman–Crippen MR) is 132 cm³/mol. The summed E-state index contributed by atoms with van der Waals surface area (Å²) in [5.41, 5.74) is 2.41. The maximum Gasteiger partial charge on any atom is 0.270 e. The van der Waals surface area contributed by atoms with Gasteiger partial charge in [-0.3, -0.25) is 4.79 Å². The van der Waals surface area contributed by atoms with Gasteiger partial charge in [-0.05, 0) is 31.2 Å². The second-order valence-electron chi connectivity index (χ2n) is 7.98. The SMILES string of the molecule is COc1ccc(N2CCN(c3ncnc4c3cnn4CCNC(=O)c3csc(C)n3)CC2)cc1. The van der Waals surface area contributed by atoms with E-state index in [0.29, 0.717) is 18.8 Å². The van der Waals surface area contributed by atoms with Crippen molar-refractivity contribution in [2.24, 2.45) is 0 Å². The normalized spacial score (nSPS) is 13.9. The average molecular weight is 479 g/mol. The number of piperazine rings is 1. The third-order valence-corrected chi connectivity index (χ3v) is 6.66. The predicted octanol–water partition coefficient (Wildman–Crippen LogP) is 2.36. The van der Waals surface area contributed by atoms with Gasteiger partial charge < -0.3 is 19.9 Å². The summed E-state index contributed by atoms with van der Waals surface area (Å²) in [6, 6.07) is 8.17.